The van der Waals surface area contributed by atoms with Gasteiger partial charge in [0.2, 0.25) is 0 Å². The number of hydrogen-bond acceptors (Lipinski definition) is 2. The summed E-state index contributed by atoms with van der Waals surface area (Å²) in [6.07, 6.45) is 4.22. The van der Waals surface area contributed by atoms with Crippen molar-refractivity contribution in [3.63, 3.8) is 0 Å². The van der Waals surface area contributed by atoms with E-state index in [4.69, 9.17) is 4.74 Å². The van der Waals surface area contributed by atoms with E-state index in [0.29, 0.717) is 0 Å². The fraction of sp³-hybridized carbons (Fsp3) is 0.200. The number of aryl methyl sites for hydroxylation is 1. The van der Waals surface area contributed by atoms with Gasteiger partial charge in [-0.15, -0.1) is 0 Å². The molecule has 122 valence electrons. The smallest absolute Gasteiger partial charge is 0.158 e. The highest BCUT2D eigenvalue weighted by Gasteiger charge is 2.27. The van der Waals surface area contributed by atoms with Crippen LogP contribution in [0.15, 0.2) is 71.5 Å². The molecule has 4 rings (SSSR count). The lowest BCUT2D eigenvalue weighted by atomic mass is 10.2. The van der Waals surface area contributed by atoms with Crippen molar-refractivity contribution in [1.82, 2.24) is 4.57 Å². The first-order valence-electron chi connectivity index (χ1n) is 8.09. The molecule has 0 saturated carbocycles. The van der Waals surface area contributed by atoms with Gasteiger partial charge in [-0.3, -0.25) is 0 Å². The maximum atomic E-state index is 6.02. The third kappa shape index (κ3) is 2.99. The van der Waals surface area contributed by atoms with Gasteiger partial charge in [0.05, 0.1) is 6.61 Å². The maximum Gasteiger partial charge on any atom is 0.158 e. The number of ether oxygens (including phenoxy) is 1. The zero-order chi connectivity index (χ0) is 16.5. The summed E-state index contributed by atoms with van der Waals surface area (Å²) >= 11 is 3.53. The number of aromatic nitrogens is 1. The fourth-order valence-corrected chi connectivity index (χ4v) is 3.56. The minimum Gasteiger partial charge on any atom is -0.352 e. The summed E-state index contributed by atoms with van der Waals surface area (Å²) in [5.74, 6) is 0. The van der Waals surface area contributed by atoms with Crippen molar-refractivity contribution >= 4 is 21.6 Å². The highest BCUT2D eigenvalue weighted by atomic mass is 79.9. The quantitative estimate of drug-likeness (QED) is 0.627. The van der Waals surface area contributed by atoms with Crippen molar-refractivity contribution in [3.05, 3.63) is 82.6 Å². The topological polar surface area (TPSA) is 17.4 Å². The summed E-state index contributed by atoms with van der Waals surface area (Å²) in [4.78, 5) is 2.33. The zero-order valence-electron chi connectivity index (χ0n) is 13.5. The van der Waals surface area contributed by atoms with Crippen molar-refractivity contribution in [2.24, 2.45) is 0 Å². The van der Waals surface area contributed by atoms with Gasteiger partial charge in [0, 0.05) is 40.3 Å². The Balaban J connectivity index is 1.64. The average Bonchev–Trinajstić information content (AvgIpc) is 3.24. The number of nitrogens with zero attached hydrogens (tertiary/aromatic N) is 2. The molecule has 0 aliphatic carbocycles. The Kier molecular flexibility index (Phi) is 4.17. The van der Waals surface area contributed by atoms with Crippen LogP contribution in [0.5, 0.6) is 0 Å². The van der Waals surface area contributed by atoms with Gasteiger partial charge in [0.1, 0.15) is 0 Å². The monoisotopic (exact) mass is 382 g/mol. The summed E-state index contributed by atoms with van der Waals surface area (Å²) in [5, 5.41) is 0. The average molecular weight is 383 g/mol. The van der Waals surface area contributed by atoms with E-state index >= 15 is 0 Å². The molecular weight excluding hydrogens is 364 g/mol. The lowest BCUT2D eigenvalue weighted by molar-refractivity contribution is 0.114. The van der Waals surface area contributed by atoms with Crippen LogP contribution in [0.3, 0.4) is 0 Å². The first-order chi connectivity index (χ1) is 11.7. The van der Waals surface area contributed by atoms with E-state index < -0.39 is 0 Å². The molecule has 1 aliphatic rings. The lowest BCUT2D eigenvalue weighted by Crippen LogP contribution is -2.23. The van der Waals surface area contributed by atoms with Crippen LogP contribution in [0.4, 0.5) is 5.69 Å². The van der Waals surface area contributed by atoms with Gasteiger partial charge in [-0.2, -0.15) is 0 Å². The molecule has 0 bridgehead atoms. The third-order valence-electron chi connectivity index (χ3n) is 4.33. The standard InChI is InChI=1S/C20H19BrN2O/c1-15-4-2-7-19(12-15)23-10-11-24-20(23)16-8-9-22(14-16)18-6-3-5-17(21)13-18/h2-9,12-14,20H,10-11H2,1H3/t20-/m1/s1. The molecule has 2 aromatic carbocycles. The normalized spacial score (nSPS) is 17.4. The summed E-state index contributed by atoms with van der Waals surface area (Å²) in [5.41, 5.74) is 4.79. The molecule has 3 aromatic rings. The zero-order valence-corrected chi connectivity index (χ0v) is 15.1. The summed E-state index contributed by atoms with van der Waals surface area (Å²) < 4.78 is 9.23. The van der Waals surface area contributed by atoms with Crippen molar-refractivity contribution in [2.75, 3.05) is 18.1 Å². The summed E-state index contributed by atoms with van der Waals surface area (Å²) in [7, 11) is 0. The molecule has 0 amide bonds. The molecule has 3 nitrogen and oxygen atoms in total. The third-order valence-corrected chi connectivity index (χ3v) is 4.82. The molecule has 0 radical (unpaired) electrons. The maximum absolute atomic E-state index is 6.02. The summed E-state index contributed by atoms with van der Waals surface area (Å²) in [6.45, 7) is 3.79. The highest BCUT2D eigenvalue weighted by molar-refractivity contribution is 9.10. The first-order valence-corrected chi connectivity index (χ1v) is 8.89. The minimum atomic E-state index is -0.0276. The molecule has 24 heavy (non-hydrogen) atoms. The molecule has 1 atom stereocenters. The Labute approximate surface area is 150 Å². The van der Waals surface area contributed by atoms with Gasteiger partial charge < -0.3 is 14.2 Å². The minimum absolute atomic E-state index is 0.0276. The molecule has 0 N–H and O–H groups in total. The Morgan fingerprint density at radius 3 is 2.71 bits per heavy atom. The Morgan fingerprint density at radius 2 is 1.88 bits per heavy atom. The predicted molar refractivity (Wildman–Crippen MR) is 101 cm³/mol. The van der Waals surface area contributed by atoms with E-state index in [2.05, 4.69) is 87.2 Å². The highest BCUT2D eigenvalue weighted by Crippen LogP contribution is 2.33. The SMILES string of the molecule is Cc1cccc(N2CCO[C@@H]2c2ccn(-c3cccc(Br)c3)c2)c1. The molecule has 1 saturated heterocycles. The van der Waals surface area contributed by atoms with Gasteiger partial charge in [-0.05, 0) is 48.9 Å². The Hall–Kier alpha value is -2.04. The molecule has 1 aromatic heterocycles. The van der Waals surface area contributed by atoms with E-state index in [9.17, 15) is 0 Å². The molecule has 0 spiro atoms. The van der Waals surface area contributed by atoms with Crippen LogP contribution < -0.4 is 4.90 Å². The van der Waals surface area contributed by atoms with Gasteiger partial charge in [-0.25, -0.2) is 0 Å². The second-order valence-electron chi connectivity index (χ2n) is 6.09. The number of rotatable bonds is 3. The van der Waals surface area contributed by atoms with Crippen LogP contribution in [0.1, 0.15) is 17.4 Å². The van der Waals surface area contributed by atoms with Crippen LogP contribution >= 0.6 is 15.9 Å². The van der Waals surface area contributed by atoms with Crippen molar-refractivity contribution < 1.29 is 4.74 Å². The van der Waals surface area contributed by atoms with Gasteiger partial charge >= 0.3 is 0 Å². The molecule has 1 fully saturated rings. The van der Waals surface area contributed by atoms with Crippen molar-refractivity contribution in [1.29, 1.82) is 0 Å². The Morgan fingerprint density at radius 1 is 1.04 bits per heavy atom. The number of halogens is 1. The van der Waals surface area contributed by atoms with E-state index in [0.717, 1.165) is 23.3 Å². The van der Waals surface area contributed by atoms with Crippen LogP contribution in [0.25, 0.3) is 5.69 Å². The summed E-state index contributed by atoms with van der Waals surface area (Å²) in [6, 6.07) is 19.0. The van der Waals surface area contributed by atoms with Crippen LogP contribution in [-0.2, 0) is 4.74 Å². The molecule has 4 heteroatoms. The van der Waals surface area contributed by atoms with E-state index in [1.807, 2.05) is 12.1 Å². The molecule has 0 unspecified atom stereocenters. The van der Waals surface area contributed by atoms with E-state index in [1.54, 1.807) is 0 Å². The number of anilines is 1. The lowest BCUT2D eigenvalue weighted by Gasteiger charge is -2.25. The second kappa shape index (κ2) is 6.46. The predicted octanol–water partition coefficient (Wildman–Crippen LogP) is 5.08. The molecule has 1 aliphatic heterocycles. The van der Waals surface area contributed by atoms with Crippen molar-refractivity contribution in [2.45, 2.75) is 13.2 Å². The number of hydrogen-bond donors (Lipinski definition) is 0. The first kappa shape index (κ1) is 15.5. The van der Waals surface area contributed by atoms with E-state index in [-0.39, 0.29) is 6.23 Å². The van der Waals surface area contributed by atoms with Crippen molar-refractivity contribution in [3.8, 4) is 5.69 Å². The van der Waals surface area contributed by atoms with Gasteiger partial charge in [0.15, 0.2) is 6.23 Å². The molecular formula is C20H19BrN2O. The van der Waals surface area contributed by atoms with Crippen LogP contribution in [0.2, 0.25) is 0 Å². The molecule has 2 heterocycles. The second-order valence-corrected chi connectivity index (χ2v) is 7.00. The van der Waals surface area contributed by atoms with Crippen LogP contribution in [0, 0.1) is 6.92 Å². The number of benzene rings is 2. The van der Waals surface area contributed by atoms with Crippen LogP contribution in [-0.4, -0.2) is 17.7 Å². The largest absolute Gasteiger partial charge is 0.352 e. The van der Waals surface area contributed by atoms with E-state index in [1.165, 1.54) is 16.8 Å². The van der Waals surface area contributed by atoms with Gasteiger partial charge in [-0.1, -0.05) is 34.1 Å². The van der Waals surface area contributed by atoms with Gasteiger partial charge in [0.25, 0.3) is 0 Å². The Bertz CT molecular complexity index is 858. The fourth-order valence-electron chi connectivity index (χ4n) is 3.17.